The van der Waals surface area contributed by atoms with Gasteiger partial charge in [0, 0.05) is 6.54 Å². The minimum atomic E-state index is -0.451. The summed E-state index contributed by atoms with van der Waals surface area (Å²) in [7, 11) is 0. The van der Waals surface area contributed by atoms with E-state index in [-0.39, 0.29) is 11.5 Å². The van der Waals surface area contributed by atoms with E-state index in [1.165, 1.54) is 24.1 Å². The molecule has 1 aromatic carbocycles. The molecule has 2 rings (SSSR count). The van der Waals surface area contributed by atoms with Crippen molar-refractivity contribution in [2.24, 2.45) is 0 Å². The summed E-state index contributed by atoms with van der Waals surface area (Å²) >= 11 is 0. The van der Waals surface area contributed by atoms with Crippen molar-refractivity contribution in [3.63, 3.8) is 0 Å². The lowest BCUT2D eigenvalue weighted by Crippen LogP contribution is -2.25. The van der Waals surface area contributed by atoms with E-state index in [2.05, 4.69) is 11.4 Å². The van der Waals surface area contributed by atoms with E-state index in [1.54, 1.807) is 13.0 Å². The van der Waals surface area contributed by atoms with Crippen molar-refractivity contribution in [1.29, 1.82) is 0 Å². The summed E-state index contributed by atoms with van der Waals surface area (Å²) in [5.74, 6) is -0.779. The first-order valence-corrected chi connectivity index (χ1v) is 6.39. The molecule has 0 bridgehead atoms. The average molecular weight is 247 g/mol. The van der Waals surface area contributed by atoms with Crippen LogP contribution in [0.2, 0.25) is 0 Å². The Balaban J connectivity index is 1.87. The number of carbonyl (C=O) groups excluding carboxylic acids is 1. The highest BCUT2D eigenvalue weighted by atomic mass is 19.1. The Bertz CT molecular complexity index is 479. The molecule has 2 nitrogen and oxygen atoms in total. The Morgan fingerprint density at radius 1 is 1.44 bits per heavy atom. The predicted octanol–water partition coefficient (Wildman–Crippen LogP) is 3.36. The number of hydrogen-bond donors (Lipinski definition) is 1. The molecule has 1 amide bonds. The van der Waals surface area contributed by atoms with Gasteiger partial charge in [-0.15, -0.1) is 0 Å². The van der Waals surface area contributed by atoms with Gasteiger partial charge in [0.25, 0.3) is 5.91 Å². The molecule has 0 aliphatic heterocycles. The largest absolute Gasteiger partial charge is 0.352 e. The fourth-order valence-corrected chi connectivity index (χ4v) is 2.20. The van der Waals surface area contributed by atoms with Gasteiger partial charge in [-0.3, -0.25) is 4.79 Å². The summed E-state index contributed by atoms with van der Waals surface area (Å²) < 4.78 is 13.6. The molecule has 1 aliphatic rings. The molecule has 0 unspecified atom stereocenters. The molecule has 0 atom stereocenters. The lowest BCUT2D eigenvalue weighted by atomic mass is 10.1. The Kier molecular flexibility index (Phi) is 4.13. The van der Waals surface area contributed by atoms with Gasteiger partial charge in [-0.2, -0.15) is 0 Å². The van der Waals surface area contributed by atoms with Gasteiger partial charge in [-0.25, -0.2) is 4.39 Å². The van der Waals surface area contributed by atoms with Crippen LogP contribution in [0, 0.1) is 12.7 Å². The number of rotatable bonds is 4. The number of amides is 1. The maximum atomic E-state index is 13.6. The van der Waals surface area contributed by atoms with Gasteiger partial charge in [-0.1, -0.05) is 17.7 Å². The zero-order valence-electron chi connectivity index (χ0n) is 10.6. The Hall–Kier alpha value is -1.64. The van der Waals surface area contributed by atoms with E-state index in [0.717, 1.165) is 24.8 Å². The van der Waals surface area contributed by atoms with Crippen molar-refractivity contribution in [3.05, 3.63) is 46.8 Å². The first kappa shape index (κ1) is 12.8. The maximum absolute atomic E-state index is 13.6. The second-order valence-electron chi connectivity index (χ2n) is 4.74. The predicted molar refractivity (Wildman–Crippen MR) is 70.0 cm³/mol. The average Bonchev–Trinajstić information content (AvgIpc) is 2.81. The zero-order valence-corrected chi connectivity index (χ0v) is 10.6. The van der Waals surface area contributed by atoms with E-state index < -0.39 is 5.82 Å². The molecule has 1 N–H and O–H groups in total. The molecule has 3 heteroatoms. The molecular weight excluding hydrogens is 229 g/mol. The maximum Gasteiger partial charge on any atom is 0.254 e. The fraction of sp³-hybridized carbons (Fsp3) is 0.400. The number of nitrogens with one attached hydrogen (secondary N) is 1. The van der Waals surface area contributed by atoms with E-state index in [9.17, 15) is 9.18 Å². The minimum Gasteiger partial charge on any atom is -0.352 e. The van der Waals surface area contributed by atoms with Crippen LogP contribution in [0.5, 0.6) is 0 Å². The summed E-state index contributed by atoms with van der Waals surface area (Å²) in [4.78, 5) is 11.8. The highest BCUT2D eigenvalue weighted by Crippen LogP contribution is 2.19. The van der Waals surface area contributed by atoms with E-state index in [4.69, 9.17) is 0 Å². The van der Waals surface area contributed by atoms with Crippen molar-refractivity contribution in [2.45, 2.75) is 32.6 Å². The van der Waals surface area contributed by atoms with Gasteiger partial charge in [0.05, 0.1) is 5.56 Å². The van der Waals surface area contributed by atoms with Gasteiger partial charge in [0.15, 0.2) is 0 Å². The number of allylic oxidation sites excluding steroid dienone is 1. The third-order valence-electron chi connectivity index (χ3n) is 3.24. The summed E-state index contributed by atoms with van der Waals surface area (Å²) in [6.45, 7) is 2.38. The van der Waals surface area contributed by atoms with Gasteiger partial charge in [-0.05, 0) is 50.3 Å². The molecule has 18 heavy (non-hydrogen) atoms. The first-order chi connectivity index (χ1) is 8.66. The summed E-state index contributed by atoms with van der Waals surface area (Å²) in [5, 5.41) is 2.77. The van der Waals surface area contributed by atoms with Crippen LogP contribution in [0.25, 0.3) is 0 Å². The van der Waals surface area contributed by atoms with Gasteiger partial charge < -0.3 is 5.32 Å². The summed E-state index contributed by atoms with van der Waals surface area (Å²) in [6.07, 6.45) is 6.61. The topological polar surface area (TPSA) is 29.1 Å². The third-order valence-corrected chi connectivity index (χ3v) is 3.24. The van der Waals surface area contributed by atoms with E-state index in [0.29, 0.717) is 6.54 Å². The number of hydrogen-bond acceptors (Lipinski definition) is 1. The van der Waals surface area contributed by atoms with Crippen LogP contribution in [0.15, 0.2) is 29.8 Å². The lowest BCUT2D eigenvalue weighted by Gasteiger charge is -2.07. The van der Waals surface area contributed by atoms with Crippen molar-refractivity contribution >= 4 is 5.91 Å². The molecule has 0 fully saturated rings. The molecule has 0 saturated carbocycles. The SMILES string of the molecule is Cc1ccc(C(=O)NCCC2=CCCC2)c(F)c1. The number of carbonyl (C=O) groups is 1. The minimum absolute atomic E-state index is 0.126. The molecule has 0 spiro atoms. The molecule has 1 aliphatic carbocycles. The second kappa shape index (κ2) is 5.80. The smallest absolute Gasteiger partial charge is 0.254 e. The highest BCUT2D eigenvalue weighted by Gasteiger charge is 2.11. The van der Waals surface area contributed by atoms with Crippen LogP contribution in [-0.2, 0) is 0 Å². The standard InChI is InChI=1S/C15H18FNO/c1-11-6-7-13(14(16)10-11)15(18)17-9-8-12-4-2-3-5-12/h4,6-7,10H,2-3,5,8-9H2,1H3,(H,17,18). The molecule has 96 valence electrons. The van der Waals surface area contributed by atoms with Gasteiger partial charge in [0.2, 0.25) is 0 Å². The van der Waals surface area contributed by atoms with Crippen LogP contribution in [0.3, 0.4) is 0 Å². The lowest BCUT2D eigenvalue weighted by molar-refractivity contribution is 0.0950. The van der Waals surface area contributed by atoms with Crippen LogP contribution >= 0.6 is 0 Å². The van der Waals surface area contributed by atoms with Crippen molar-refractivity contribution in [1.82, 2.24) is 5.32 Å². The monoisotopic (exact) mass is 247 g/mol. The van der Waals surface area contributed by atoms with Crippen molar-refractivity contribution < 1.29 is 9.18 Å². The van der Waals surface area contributed by atoms with E-state index in [1.807, 2.05) is 0 Å². The van der Waals surface area contributed by atoms with Gasteiger partial charge in [0.1, 0.15) is 5.82 Å². The van der Waals surface area contributed by atoms with Crippen molar-refractivity contribution in [3.8, 4) is 0 Å². The highest BCUT2D eigenvalue weighted by molar-refractivity contribution is 5.94. The quantitative estimate of drug-likeness (QED) is 0.812. The zero-order chi connectivity index (χ0) is 13.0. The summed E-state index contributed by atoms with van der Waals surface area (Å²) in [6, 6.07) is 4.67. The van der Waals surface area contributed by atoms with Crippen LogP contribution < -0.4 is 5.32 Å². The number of halogens is 1. The van der Waals surface area contributed by atoms with Crippen LogP contribution in [0.1, 0.15) is 41.6 Å². The van der Waals surface area contributed by atoms with Crippen molar-refractivity contribution in [2.75, 3.05) is 6.54 Å². The first-order valence-electron chi connectivity index (χ1n) is 6.39. The Morgan fingerprint density at radius 3 is 2.94 bits per heavy atom. The second-order valence-corrected chi connectivity index (χ2v) is 4.74. The molecule has 0 saturated heterocycles. The normalized spacial score (nSPS) is 14.4. The van der Waals surface area contributed by atoms with Crippen LogP contribution in [0.4, 0.5) is 4.39 Å². The molecule has 0 aromatic heterocycles. The molecule has 0 heterocycles. The van der Waals surface area contributed by atoms with Gasteiger partial charge >= 0.3 is 0 Å². The molecule has 1 aromatic rings. The molecule has 0 radical (unpaired) electrons. The number of aryl methyl sites for hydroxylation is 1. The Labute approximate surface area is 107 Å². The van der Waals surface area contributed by atoms with E-state index >= 15 is 0 Å². The molecular formula is C15H18FNO. The van der Waals surface area contributed by atoms with Crippen LogP contribution in [-0.4, -0.2) is 12.5 Å². The Morgan fingerprint density at radius 2 is 2.28 bits per heavy atom. The number of benzene rings is 1. The third kappa shape index (κ3) is 3.19. The fourth-order valence-electron chi connectivity index (χ4n) is 2.20. The summed E-state index contributed by atoms with van der Waals surface area (Å²) in [5.41, 5.74) is 2.35.